The van der Waals surface area contributed by atoms with Gasteiger partial charge in [0.2, 0.25) is 0 Å². The fourth-order valence-electron chi connectivity index (χ4n) is 3.34. The average molecular weight is 504 g/mol. The van der Waals surface area contributed by atoms with Crippen molar-refractivity contribution in [2.75, 3.05) is 19.5 Å². The van der Waals surface area contributed by atoms with Crippen LogP contribution in [-0.2, 0) is 9.47 Å². The summed E-state index contributed by atoms with van der Waals surface area (Å²) in [5.74, 6) is 0. The van der Waals surface area contributed by atoms with E-state index in [0.29, 0.717) is 26.6 Å². The number of hydrogen-bond acceptors (Lipinski definition) is 10. The van der Waals surface area contributed by atoms with E-state index in [2.05, 4.69) is 15.3 Å². The van der Waals surface area contributed by atoms with Gasteiger partial charge in [0.05, 0.1) is 22.8 Å². The summed E-state index contributed by atoms with van der Waals surface area (Å²) in [4.78, 5) is 5.01. The van der Waals surface area contributed by atoms with Crippen LogP contribution in [0.25, 0.3) is 11.4 Å². The lowest BCUT2D eigenvalue weighted by molar-refractivity contribution is -0.186. The molecule has 0 saturated carbocycles. The number of methoxy groups -OCH3 is 1. The number of hydrogen-bond donors (Lipinski definition) is 3. The minimum Gasteiger partial charge on any atom is -0.394 e. The van der Waals surface area contributed by atoms with Gasteiger partial charge >= 0.3 is 0 Å². The topological polar surface area (TPSA) is 129 Å². The lowest BCUT2D eigenvalue weighted by Gasteiger charge is -2.43. The molecule has 0 radical (unpaired) electrons. The molecule has 0 spiro atoms. The number of thioether (sulfide) groups is 1. The van der Waals surface area contributed by atoms with Crippen LogP contribution in [0.3, 0.4) is 0 Å². The molecular weight excluding hydrogens is 485 g/mol. The van der Waals surface area contributed by atoms with Crippen LogP contribution in [0.4, 0.5) is 5.13 Å². The van der Waals surface area contributed by atoms with Gasteiger partial charge in [-0.1, -0.05) is 40.2 Å². The van der Waals surface area contributed by atoms with Crippen molar-refractivity contribution in [3.63, 3.8) is 0 Å². The van der Waals surface area contributed by atoms with Crippen molar-refractivity contribution < 1.29 is 19.7 Å². The molecule has 31 heavy (non-hydrogen) atoms. The van der Waals surface area contributed by atoms with Gasteiger partial charge in [-0.15, -0.1) is 16.4 Å². The lowest BCUT2D eigenvalue weighted by atomic mass is 9.97. The second-order valence-corrected chi connectivity index (χ2v) is 9.63. The third-order valence-corrected chi connectivity index (χ3v) is 7.39. The van der Waals surface area contributed by atoms with Crippen molar-refractivity contribution in [2.45, 2.75) is 34.7 Å². The van der Waals surface area contributed by atoms with E-state index >= 15 is 0 Å². The minimum atomic E-state index is -1.09. The number of benzene rings is 1. The minimum absolute atomic E-state index is 0.378. The zero-order chi connectivity index (χ0) is 22.1. The first-order valence-electron chi connectivity index (χ1n) is 9.13. The molecule has 0 aliphatic carbocycles. The smallest absolute Gasteiger partial charge is 0.180 e. The summed E-state index contributed by atoms with van der Waals surface area (Å²) in [6, 6.07) is 4.55. The highest BCUT2D eigenvalue weighted by molar-refractivity contribution is 7.99. The third-order valence-electron chi connectivity index (χ3n) is 4.84. The number of rotatable bonds is 6. The lowest BCUT2D eigenvalue weighted by Crippen LogP contribution is -2.55. The molecule has 2 aromatic heterocycles. The number of thiazole rings is 1. The Hall–Kier alpha value is -1.44. The number of aliphatic hydroxyl groups is 2. The summed E-state index contributed by atoms with van der Waals surface area (Å²) in [6.45, 7) is -0.378. The van der Waals surface area contributed by atoms with Gasteiger partial charge in [0.1, 0.15) is 41.2 Å². The molecule has 13 heteroatoms. The molecule has 166 valence electrons. The van der Waals surface area contributed by atoms with E-state index in [-0.39, 0.29) is 6.61 Å². The zero-order valence-corrected chi connectivity index (χ0v) is 19.3. The first-order chi connectivity index (χ1) is 14.9. The summed E-state index contributed by atoms with van der Waals surface area (Å²) >= 11 is 14.8. The predicted molar refractivity (Wildman–Crippen MR) is 119 cm³/mol. The quantitative estimate of drug-likeness (QED) is 0.464. The van der Waals surface area contributed by atoms with Gasteiger partial charge in [0, 0.05) is 17.4 Å². The molecule has 1 fully saturated rings. The maximum Gasteiger partial charge on any atom is 0.180 e. The van der Waals surface area contributed by atoms with Crippen molar-refractivity contribution in [2.24, 2.45) is 0 Å². The van der Waals surface area contributed by atoms with E-state index in [0.717, 1.165) is 4.90 Å². The third kappa shape index (κ3) is 4.69. The number of nitrogens with zero attached hydrogens (tertiary/aromatic N) is 4. The molecule has 4 N–H and O–H groups in total. The first-order valence-corrected chi connectivity index (χ1v) is 11.6. The van der Waals surface area contributed by atoms with E-state index in [1.165, 1.54) is 34.9 Å². The summed E-state index contributed by atoms with van der Waals surface area (Å²) in [5.41, 5.74) is 6.23. The average Bonchev–Trinajstić information content (AvgIpc) is 3.40. The maximum atomic E-state index is 10.9. The molecule has 3 aromatic rings. The number of nitrogens with two attached hydrogens (primary N) is 1. The van der Waals surface area contributed by atoms with Crippen molar-refractivity contribution in [3.8, 4) is 11.4 Å². The molecule has 1 aliphatic heterocycles. The van der Waals surface area contributed by atoms with Gasteiger partial charge in [-0.3, -0.25) is 0 Å². The summed E-state index contributed by atoms with van der Waals surface area (Å²) in [7, 11) is 1.52. The molecule has 3 heterocycles. The number of halogens is 2. The second-order valence-electron chi connectivity index (χ2n) is 6.76. The molecule has 9 nitrogen and oxygen atoms in total. The zero-order valence-electron chi connectivity index (χ0n) is 16.1. The van der Waals surface area contributed by atoms with Crippen LogP contribution in [0.15, 0.2) is 34.7 Å². The molecule has 5 atom stereocenters. The molecule has 5 unspecified atom stereocenters. The van der Waals surface area contributed by atoms with Crippen LogP contribution in [0, 0.1) is 0 Å². The number of nitrogen functional groups attached to an aromatic ring is 1. The van der Waals surface area contributed by atoms with Crippen LogP contribution in [-0.4, -0.2) is 67.7 Å². The summed E-state index contributed by atoms with van der Waals surface area (Å²) < 4.78 is 13.2. The Labute approximate surface area is 196 Å². The molecule has 0 bridgehead atoms. The standard InChI is InChI=1S/C18H19Cl2N5O4S2/c1-28-16-14(25-5-11(23-24-25)12-7-30-18(21)22-12)15(27)13(6-26)29-17(16)31-8-2-3-9(19)10(20)4-8/h2-5,7,13-17,26-27H,6H2,1H3,(H2,21,22). The van der Waals surface area contributed by atoms with E-state index in [1.807, 2.05) is 6.07 Å². The van der Waals surface area contributed by atoms with Gasteiger partial charge in [-0.25, -0.2) is 9.67 Å². The van der Waals surface area contributed by atoms with Crippen molar-refractivity contribution in [1.82, 2.24) is 20.0 Å². The normalized spacial score (nSPS) is 26.3. The highest BCUT2D eigenvalue weighted by Crippen LogP contribution is 2.40. The van der Waals surface area contributed by atoms with Crippen LogP contribution >= 0.6 is 46.3 Å². The molecule has 1 aromatic carbocycles. The monoisotopic (exact) mass is 503 g/mol. The molecule has 1 saturated heterocycles. The van der Waals surface area contributed by atoms with Crippen molar-refractivity contribution in [3.05, 3.63) is 39.8 Å². The Morgan fingerprint density at radius 3 is 2.77 bits per heavy atom. The number of aromatic nitrogens is 4. The molecule has 0 amide bonds. The Bertz CT molecular complexity index is 1050. The number of anilines is 1. The summed E-state index contributed by atoms with van der Waals surface area (Å²) in [6.07, 6.45) is -0.892. The Morgan fingerprint density at radius 2 is 2.13 bits per heavy atom. The van der Waals surface area contributed by atoms with Gasteiger partial charge in [-0.2, -0.15) is 0 Å². The Balaban J connectivity index is 1.64. The van der Waals surface area contributed by atoms with Gasteiger partial charge in [0.15, 0.2) is 5.13 Å². The SMILES string of the molecule is COC1C(Sc2ccc(Cl)c(Cl)c2)OC(CO)C(O)C1n1cc(-c2csc(N)n2)nn1. The Morgan fingerprint density at radius 1 is 1.32 bits per heavy atom. The number of aliphatic hydroxyl groups excluding tert-OH is 2. The van der Waals surface area contributed by atoms with Crippen LogP contribution in [0.2, 0.25) is 10.0 Å². The fraction of sp³-hybridized carbons (Fsp3) is 0.389. The highest BCUT2D eigenvalue weighted by atomic mass is 35.5. The first kappa shape index (κ1) is 22.7. The van der Waals surface area contributed by atoms with Gasteiger partial charge in [-0.05, 0) is 18.2 Å². The van der Waals surface area contributed by atoms with Gasteiger partial charge < -0.3 is 25.4 Å². The predicted octanol–water partition coefficient (Wildman–Crippen LogP) is 2.72. The molecule has 1 aliphatic rings. The van der Waals surface area contributed by atoms with Crippen molar-refractivity contribution >= 4 is 51.4 Å². The van der Waals surface area contributed by atoms with Crippen LogP contribution in [0.1, 0.15) is 6.04 Å². The van der Waals surface area contributed by atoms with Crippen LogP contribution in [0.5, 0.6) is 0 Å². The van der Waals surface area contributed by atoms with E-state index < -0.39 is 29.8 Å². The van der Waals surface area contributed by atoms with Gasteiger partial charge in [0.25, 0.3) is 0 Å². The largest absolute Gasteiger partial charge is 0.394 e. The summed E-state index contributed by atoms with van der Waals surface area (Å²) in [5, 5.41) is 32.1. The fourth-order valence-corrected chi connectivity index (χ4v) is 5.46. The Kier molecular flexibility index (Phi) is 7.04. The van der Waals surface area contributed by atoms with Crippen LogP contribution < -0.4 is 5.73 Å². The van der Waals surface area contributed by atoms with E-state index in [9.17, 15) is 10.2 Å². The maximum absolute atomic E-state index is 10.9. The molecular formula is C18H19Cl2N5O4S2. The van der Waals surface area contributed by atoms with E-state index in [1.54, 1.807) is 23.7 Å². The van der Waals surface area contributed by atoms with E-state index in [4.69, 9.17) is 38.4 Å². The second kappa shape index (κ2) is 9.59. The number of ether oxygens (including phenoxy) is 2. The molecule has 4 rings (SSSR count). The van der Waals surface area contributed by atoms with Crippen molar-refractivity contribution in [1.29, 1.82) is 0 Å². The highest BCUT2D eigenvalue weighted by Gasteiger charge is 2.47.